The van der Waals surface area contributed by atoms with Crippen LogP contribution in [0.5, 0.6) is 0 Å². The van der Waals surface area contributed by atoms with Crippen LogP contribution in [-0.2, 0) is 6.54 Å². The number of nitrogens with zero attached hydrogens (tertiary/aromatic N) is 2. The Labute approximate surface area is 96.8 Å². The maximum Gasteiger partial charge on any atom is 0.0814 e. The molecule has 3 nitrogen and oxygen atoms in total. The molecule has 1 N–H and O–H groups in total. The van der Waals surface area contributed by atoms with Crippen molar-refractivity contribution in [2.45, 2.75) is 46.2 Å². The Morgan fingerprint density at radius 2 is 2.33 bits per heavy atom. The fourth-order valence-corrected chi connectivity index (χ4v) is 1.72. The lowest BCUT2D eigenvalue weighted by atomic mass is 10.2. The second kappa shape index (κ2) is 6.13. The Bertz CT molecular complexity index is 277. The minimum Gasteiger partial charge on any atom is -0.312 e. The fraction of sp³-hybridized carbons (Fsp3) is 0.727. The lowest BCUT2D eigenvalue weighted by Gasteiger charge is -2.12. The van der Waals surface area contributed by atoms with E-state index in [0.29, 0.717) is 6.04 Å². The van der Waals surface area contributed by atoms with Gasteiger partial charge in [-0.2, -0.15) is 5.10 Å². The summed E-state index contributed by atoms with van der Waals surface area (Å²) in [6, 6.07) is 0.585. The average molecular weight is 230 g/mol. The number of nitrogens with one attached hydrogen (secondary N) is 1. The Balaban J connectivity index is 2.25. The van der Waals surface area contributed by atoms with Gasteiger partial charge in [-0.05, 0) is 20.3 Å². The lowest BCUT2D eigenvalue weighted by molar-refractivity contribution is 0.471. The first-order chi connectivity index (χ1) is 7.13. The molecule has 1 aromatic heterocycles. The quantitative estimate of drug-likeness (QED) is 0.813. The van der Waals surface area contributed by atoms with E-state index >= 15 is 0 Å². The summed E-state index contributed by atoms with van der Waals surface area (Å²) < 4.78 is 1.89. The zero-order valence-electron chi connectivity index (χ0n) is 9.76. The predicted molar refractivity (Wildman–Crippen MR) is 64.3 cm³/mol. The van der Waals surface area contributed by atoms with Crippen molar-refractivity contribution in [2.24, 2.45) is 0 Å². The van der Waals surface area contributed by atoms with Gasteiger partial charge in [-0.25, -0.2) is 0 Å². The molecule has 0 spiro atoms. The van der Waals surface area contributed by atoms with Crippen molar-refractivity contribution in [3.05, 3.63) is 16.9 Å². The summed E-state index contributed by atoms with van der Waals surface area (Å²) in [7, 11) is 0. The summed E-state index contributed by atoms with van der Waals surface area (Å²) in [5.74, 6) is 0. The van der Waals surface area contributed by atoms with Crippen molar-refractivity contribution in [3.63, 3.8) is 0 Å². The van der Waals surface area contributed by atoms with E-state index in [4.69, 9.17) is 11.6 Å². The van der Waals surface area contributed by atoms with Crippen LogP contribution in [-0.4, -0.2) is 22.4 Å². The smallest absolute Gasteiger partial charge is 0.0814 e. The number of rotatable bonds is 6. The zero-order chi connectivity index (χ0) is 11.3. The van der Waals surface area contributed by atoms with Crippen LogP contribution in [0.15, 0.2) is 6.20 Å². The van der Waals surface area contributed by atoms with Gasteiger partial charge in [0, 0.05) is 18.8 Å². The zero-order valence-corrected chi connectivity index (χ0v) is 10.5. The monoisotopic (exact) mass is 229 g/mol. The number of halogens is 1. The molecular weight excluding hydrogens is 210 g/mol. The van der Waals surface area contributed by atoms with E-state index < -0.39 is 0 Å². The molecule has 1 aromatic rings. The normalized spacial score (nSPS) is 13.1. The molecule has 1 heterocycles. The summed E-state index contributed by atoms with van der Waals surface area (Å²) in [6.07, 6.45) is 4.32. The van der Waals surface area contributed by atoms with E-state index in [0.717, 1.165) is 23.8 Å². The third kappa shape index (κ3) is 4.22. The molecule has 1 unspecified atom stereocenters. The minimum atomic E-state index is 0.585. The van der Waals surface area contributed by atoms with Crippen molar-refractivity contribution in [1.82, 2.24) is 15.1 Å². The van der Waals surface area contributed by atoms with E-state index in [1.165, 1.54) is 12.8 Å². The van der Waals surface area contributed by atoms with Gasteiger partial charge in [0.15, 0.2) is 0 Å². The van der Waals surface area contributed by atoms with Crippen LogP contribution < -0.4 is 5.32 Å². The first-order valence-corrected chi connectivity index (χ1v) is 5.94. The third-order valence-corrected chi connectivity index (χ3v) is 2.81. The Hall–Kier alpha value is -0.540. The Morgan fingerprint density at radius 1 is 1.60 bits per heavy atom. The van der Waals surface area contributed by atoms with Crippen molar-refractivity contribution in [3.8, 4) is 0 Å². The molecule has 1 atom stereocenters. The number of hydrogen-bond donors (Lipinski definition) is 1. The van der Waals surface area contributed by atoms with E-state index in [1.807, 2.05) is 17.8 Å². The lowest BCUT2D eigenvalue weighted by Crippen LogP contribution is -2.29. The summed E-state index contributed by atoms with van der Waals surface area (Å²) in [4.78, 5) is 0. The molecule has 15 heavy (non-hydrogen) atoms. The molecule has 0 saturated heterocycles. The molecule has 0 amide bonds. The third-order valence-electron chi connectivity index (χ3n) is 2.44. The maximum atomic E-state index is 5.92. The molecule has 0 fully saturated rings. The molecule has 0 radical (unpaired) electrons. The van der Waals surface area contributed by atoms with Gasteiger partial charge in [0.2, 0.25) is 0 Å². The molecule has 86 valence electrons. The summed E-state index contributed by atoms with van der Waals surface area (Å²) >= 11 is 5.92. The highest BCUT2D eigenvalue weighted by atomic mass is 35.5. The van der Waals surface area contributed by atoms with E-state index in [2.05, 4.69) is 24.3 Å². The molecule has 0 bridgehead atoms. The van der Waals surface area contributed by atoms with Crippen molar-refractivity contribution in [1.29, 1.82) is 0 Å². The highest BCUT2D eigenvalue weighted by molar-refractivity contribution is 6.31. The summed E-state index contributed by atoms with van der Waals surface area (Å²) in [5, 5.41) is 8.50. The second-order valence-corrected chi connectivity index (χ2v) is 4.38. The standard InChI is InChI=1S/C11H20ClN3/c1-4-5-9(2)13-6-7-15-8-11(12)10(3)14-15/h8-9,13H,4-7H2,1-3H3. The van der Waals surface area contributed by atoms with Gasteiger partial charge in [0.1, 0.15) is 0 Å². The number of aromatic nitrogens is 2. The minimum absolute atomic E-state index is 0.585. The second-order valence-electron chi connectivity index (χ2n) is 3.97. The van der Waals surface area contributed by atoms with Crippen LogP contribution in [0.4, 0.5) is 0 Å². The van der Waals surface area contributed by atoms with Gasteiger partial charge in [0.25, 0.3) is 0 Å². The molecule has 1 rings (SSSR count). The highest BCUT2D eigenvalue weighted by Crippen LogP contribution is 2.11. The number of hydrogen-bond acceptors (Lipinski definition) is 2. The fourth-order valence-electron chi connectivity index (χ4n) is 1.57. The van der Waals surface area contributed by atoms with Crippen LogP contribution in [0.3, 0.4) is 0 Å². The number of aryl methyl sites for hydroxylation is 1. The van der Waals surface area contributed by atoms with E-state index in [9.17, 15) is 0 Å². The topological polar surface area (TPSA) is 29.9 Å². The molecule has 0 saturated carbocycles. The molecule has 0 aliphatic heterocycles. The van der Waals surface area contributed by atoms with Crippen LogP contribution in [0.25, 0.3) is 0 Å². The maximum absolute atomic E-state index is 5.92. The van der Waals surface area contributed by atoms with Gasteiger partial charge < -0.3 is 5.32 Å². The van der Waals surface area contributed by atoms with E-state index in [-0.39, 0.29) is 0 Å². The van der Waals surface area contributed by atoms with Crippen LogP contribution in [0.1, 0.15) is 32.4 Å². The van der Waals surface area contributed by atoms with Crippen molar-refractivity contribution in [2.75, 3.05) is 6.54 Å². The van der Waals surface area contributed by atoms with Crippen LogP contribution in [0.2, 0.25) is 5.02 Å². The van der Waals surface area contributed by atoms with Crippen LogP contribution in [0, 0.1) is 6.92 Å². The van der Waals surface area contributed by atoms with Crippen LogP contribution >= 0.6 is 11.6 Å². The Kier molecular flexibility index (Phi) is 5.12. The summed E-state index contributed by atoms with van der Waals surface area (Å²) in [6.45, 7) is 8.16. The van der Waals surface area contributed by atoms with Gasteiger partial charge in [-0.1, -0.05) is 24.9 Å². The molecular formula is C11H20ClN3. The van der Waals surface area contributed by atoms with Gasteiger partial charge >= 0.3 is 0 Å². The van der Waals surface area contributed by atoms with Crippen molar-refractivity contribution >= 4 is 11.6 Å². The highest BCUT2D eigenvalue weighted by Gasteiger charge is 2.02. The van der Waals surface area contributed by atoms with Gasteiger partial charge in [-0.15, -0.1) is 0 Å². The van der Waals surface area contributed by atoms with Gasteiger partial charge in [0.05, 0.1) is 17.3 Å². The predicted octanol–water partition coefficient (Wildman–Crippen LogP) is 2.62. The molecule has 4 heteroatoms. The van der Waals surface area contributed by atoms with E-state index in [1.54, 1.807) is 0 Å². The molecule has 0 aliphatic carbocycles. The largest absolute Gasteiger partial charge is 0.312 e. The van der Waals surface area contributed by atoms with Gasteiger partial charge in [-0.3, -0.25) is 4.68 Å². The average Bonchev–Trinajstić information content (AvgIpc) is 2.46. The SMILES string of the molecule is CCCC(C)NCCn1cc(Cl)c(C)n1. The van der Waals surface area contributed by atoms with Crippen molar-refractivity contribution < 1.29 is 0 Å². The molecule has 0 aromatic carbocycles. The first-order valence-electron chi connectivity index (χ1n) is 5.56. The summed E-state index contributed by atoms with van der Waals surface area (Å²) in [5.41, 5.74) is 0.901. The first kappa shape index (κ1) is 12.5. The Morgan fingerprint density at radius 3 is 2.87 bits per heavy atom. The molecule has 0 aliphatic rings.